The number of carbonyl (C=O) groups excluding carboxylic acids is 1. The second-order valence-electron chi connectivity index (χ2n) is 5.75. The molecule has 2 aromatic carbocycles. The molecule has 3 rings (SSSR count). The lowest BCUT2D eigenvalue weighted by atomic mass is 10.1. The SMILES string of the molecule is Cc1c(C(C)NC(=O)c2cc(F)ccc2Br)cnn1-c1ccccc1. The number of carbonyl (C=O) groups is 1. The second kappa shape index (κ2) is 7.19. The number of amides is 1. The largest absolute Gasteiger partial charge is 0.345 e. The van der Waals surface area contributed by atoms with Crippen molar-refractivity contribution in [3.05, 3.63) is 81.8 Å². The topological polar surface area (TPSA) is 46.9 Å². The van der Waals surface area contributed by atoms with E-state index < -0.39 is 5.82 Å². The normalized spacial score (nSPS) is 12.0. The molecule has 4 nitrogen and oxygen atoms in total. The minimum Gasteiger partial charge on any atom is -0.345 e. The van der Waals surface area contributed by atoms with Gasteiger partial charge in [-0.05, 0) is 60.1 Å². The van der Waals surface area contributed by atoms with Crippen LogP contribution in [0.5, 0.6) is 0 Å². The summed E-state index contributed by atoms with van der Waals surface area (Å²) in [7, 11) is 0. The minimum atomic E-state index is -0.450. The first kappa shape index (κ1) is 17.4. The molecule has 0 spiro atoms. The zero-order chi connectivity index (χ0) is 18.0. The molecule has 0 aliphatic heterocycles. The van der Waals surface area contributed by atoms with Gasteiger partial charge < -0.3 is 5.32 Å². The highest BCUT2D eigenvalue weighted by atomic mass is 79.9. The molecule has 6 heteroatoms. The second-order valence-corrected chi connectivity index (χ2v) is 6.61. The highest BCUT2D eigenvalue weighted by molar-refractivity contribution is 9.10. The molecule has 1 N–H and O–H groups in total. The van der Waals surface area contributed by atoms with Crippen LogP contribution in [0.3, 0.4) is 0 Å². The highest BCUT2D eigenvalue weighted by Crippen LogP contribution is 2.22. The minimum absolute atomic E-state index is 0.264. The Morgan fingerprint density at radius 3 is 2.68 bits per heavy atom. The Balaban J connectivity index is 1.82. The fraction of sp³-hybridized carbons (Fsp3) is 0.158. The highest BCUT2D eigenvalue weighted by Gasteiger charge is 2.18. The van der Waals surface area contributed by atoms with Crippen molar-refractivity contribution in [3.8, 4) is 5.69 Å². The third-order valence-corrected chi connectivity index (χ3v) is 4.73. The molecule has 1 aromatic heterocycles. The van der Waals surface area contributed by atoms with Gasteiger partial charge in [-0.15, -0.1) is 0 Å². The fourth-order valence-electron chi connectivity index (χ4n) is 2.70. The van der Waals surface area contributed by atoms with Crippen LogP contribution in [0.15, 0.2) is 59.2 Å². The quantitative estimate of drug-likeness (QED) is 0.695. The van der Waals surface area contributed by atoms with E-state index in [9.17, 15) is 9.18 Å². The van der Waals surface area contributed by atoms with Gasteiger partial charge >= 0.3 is 0 Å². The van der Waals surface area contributed by atoms with E-state index >= 15 is 0 Å². The zero-order valence-corrected chi connectivity index (χ0v) is 15.4. The standard InChI is InChI=1S/C19H17BrFN3O/c1-12(23-19(25)16-10-14(21)8-9-18(16)20)17-11-22-24(13(17)2)15-6-4-3-5-7-15/h3-12H,1-2H3,(H,23,25). The van der Waals surface area contributed by atoms with Gasteiger partial charge in [-0.3, -0.25) is 4.79 Å². The molecule has 128 valence electrons. The van der Waals surface area contributed by atoms with Crippen molar-refractivity contribution in [3.63, 3.8) is 0 Å². The molecule has 1 atom stereocenters. The maximum atomic E-state index is 13.4. The molecule has 0 aliphatic rings. The number of hydrogen-bond acceptors (Lipinski definition) is 2. The summed E-state index contributed by atoms with van der Waals surface area (Å²) in [5.41, 5.74) is 3.07. The van der Waals surface area contributed by atoms with Gasteiger partial charge in [0.1, 0.15) is 5.82 Å². The van der Waals surface area contributed by atoms with E-state index in [2.05, 4.69) is 26.3 Å². The number of benzene rings is 2. The van der Waals surface area contributed by atoms with E-state index in [0.29, 0.717) is 4.47 Å². The molecular formula is C19H17BrFN3O. The van der Waals surface area contributed by atoms with Crippen LogP contribution >= 0.6 is 15.9 Å². The van der Waals surface area contributed by atoms with Gasteiger partial charge in [0.15, 0.2) is 0 Å². The molecule has 0 saturated carbocycles. The Bertz CT molecular complexity index is 908. The van der Waals surface area contributed by atoms with Gasteiger partial charge in [-0.2, -0.15) is 5.10 Å². The lowest BCUT2D eigenvalue weighted by Gasteiger charge is -2.15. The van der Waals surface area contributed by atoms with Gasteiger partial charge in [-0.25, -0.2) is 9.07 Å². The van der Waals surface area contributed by atoms with Gasteiger partial charge in [0, 0.05) is 15.7 Å². The molecule has 0 radical (unpaired) electrons. The number of nitrogens with one attached hydrogen (secondary N) is 1. The summed E-state index contributed by atoms with van der Waals surface area (Å²) in [5.74, 6) is -0.792. The Hall–Kier alpha value is -2.47. The summed E-state index contributed by atoms with van der Waals surface area (Å²) in [6, 6.07) is 13.6. The first-order valence-electron chi connectivity index (χ1n) is 7.83. The van der Waals surface area contributed by atoms with Crippen LogP contribution < -0.4 is 5.32 Å². The van der Waals surface area contributed by atoms with Crippen LogP contribution in [-0.4, -0.2) is 15.7 Å². The predicted octanol–water partition coefficient (Wildman–Crippen LogP) is 4.57. The Kier molecular flexibility index (Phi) is 4.99. The van der Waals surface area contributed by atoms with Crippen molar-refractivity contribution in [1.82, 2.24) is 15.1 Å². The molecule has 0 saturated heterocycles. The first-order valence-corrected chi connectivity index (χ1v) is 8.62. The monoisotopic (exact) mass is 401 g/mol. The van der Waals surface area contributed by atoms with Crippen molar-refractivity contribution in [1.29, 1.82) is 0 Å². The number of nitrogens with zero attached hydrogens (tertiary/aromatic N) is 2. The summed E-state index contributed by atoms with van der Waals surface area (Å²) in [4.78, 5) is 12.5. The first-order chi connectivity index (χ1) is 12.0. The predicted molar refractivity (Wildman–Crippen MR) is 98.3 cm³/mol. The molecule has 1 heterocycles. The van der Waals surface area contributed by atoms with Crippen molar-refractivity contribution in [2.75, 3.05) is 0 Å². The van der Waals surface area contributed by atoms with E-state index in [4.69, 9.17) is 0 Å². The number of hydrogen-bond donors (Lipinski definition) is 1. The summed E-state index contributed by atoms with van der Waals surface area (Å²) in [6.45, 7) is 3.83. The summed E-state index contributed by atoms with van der Waals surface area (Å²) < 4.78 is 15.8. The number of halogens is 2. The van der Waals surface area contributed by atoms with Crippen LogP contribution in [0, 0.1) is 12.7 Å². The zero-order valence-electron chi connectivity index (χ0n) is 13.8. The number of para-hydroxylation sites is 1. The van der Waals surface area contributed by atoms with Crippen LogP contribution in [0.4, 0.5) is 4.39 Å². The Morgan fingerprint density at radius 1 is 1.24 bits per heavy atom. The summed E-state index contributed by atoms with van der Waals surface area (Å²) in [6.07, 6.45) is 1.74. The van der Waals surface area contributed by atoms with E-state index in [1.54, 1.807) is 6.20 Å². The maximum absolute atomic E-state index is 13.4. The lowest BCUT2D eigenvalue weighted by Crippen LogP contribution is -2.27. The average molecular weight is 402 g/mol. The molecule has 25 heavy (non-hydrogen) atoms. The fourth-order valence-corrected chi connectivity index (χ4v) is 3.13. The van der Waals surface area contributed by atoms with Crippen molar-refractivity contribution in [2.45, 2.75) is 19.9 Å². The van der Waals surface area contributed by atoms with E-state index in [0.717, 1.165) is 16.9 Å². The summed E-state index contributed by atoms with van der Waals surface area (Å²) in [5, 5.41) is 7.31. The van der Waals surface area contributed by atoms with E-state index in [1.165, 1.54) is 18.2 Å². The third kappa shape index (κ3) is 3.64. The molecule has 0 bridgehead atoms. The lowest BCUT2D eigenvalue weighted by molar-refractivity contribution is 0.0938. The van der Waals surface area contributed by atoms with Crippen LogP contribution in [-0.2, 0) is 0 Å². The Morgan fingerprint density at radius 2 is 1.96 bits per heavy atom. The van der Waals surface area contributed by atoms with Gasteiger partial charge in [-0.1, -0.05) is 18.2 Å². The van der Waals surface area contributed by atoms with Gasteiger partial charge in [0.05, 0.1) is 23.5 Å². The van der Waals surface area contributed by atoms with Crippen molar-refractivity contribution < 1.29 is 9.18 Å². The molecule has 3 aromatic rings. The molecule has 1 amide bonds. The van der Waals surface area contributed by atoms with Gasteiger partial charge in [0.2, 0.25) is 0 Å². The van der Waals surface area contributed by atoms with Crippen LogP contribution in [0.2, 0.25) is 0 Å². The van der Waals surface area contributed by atoms with Crippen LogP contribution in [0.1, 0.15) is 34.6 Å². The van der Waals surface area contributed by atoms with Crippen molar-refractivity contribution >= 4 is 21.8 Å². The molecule has 1 unspecified atom stereocenters. The molecule has 0 aliphatic carbocycles. The van der Waals surface area contributed by atoms with Crippen LogP contribution in [0.25, 0.3) is 5.69 Å². The summed E-state index contributed by atoms with van der Waals surface area (Å²) >= 11 is 3.28. The number of rotatable bonds is 4. The van der Waals surface area contributed by atoms with E-state index in [-0.39, 0.29) is 17.5 Å². The smallest absolute Gasteiger partial charge is 0.253 e. The molecule has 0 fully saturated rings. The molecular weight excluding hydrogens is 385 g/mol. The van der Waals surface area contributed by atoms with E-state index in [1.807, 2.05) is 48.9 Å². The van der Waals surface area contributed by atoms with Crippen molar-refractivity contribution in [2.24, 2.45) is 0 Å². The van der Waals surface area contributed by atoms with Gasteiger partial charge in [0.25, 0.3) is 5.91 Å². The number of aromatic nitrogens is 2. The Labute approximate surface area is 153 Å². The maximum Gasteiger partial charge on any atom is 0.253 e. The average Bonchev–Trinajstić information content (AvgIpc) is 2.99. The third-order valence-electron chi connectivity index (χ3n) is 4.04.